The second kappa shape index (κ2) is 7.20. The topological polar surface area (TPSA) is 58.4 Å². The lowest BCUT2D eigenvalue weighted by molar-refractivity contribution is 0.190. The van der Waals surface area contributed by atoms with Crippen LogP contribution >= 0.6 is 11.8 Å². The van der Waals surface area contributed by atoms with Crippen LogP contribution in [0.4, 0.5) is 4.79 Å². The number of nitrogens with one attached hydrogen (secondary N) is 1. The van der Waals surface area contributed by atoms with Crippen molar-refractivity contribution in [3.8, 4) is 0 Å². The summed E-state index contributed by atoms with van der Waals surface area (Å²) < 4.78 is 5.11. The third-order valence-corrected chi connectivity index (χ3v) is 5.46. The van der Waals surface area contributed by atoms with E-state index in [0.29, 0.717) is 17.8 Å². The molecule has 0 unspecified atom stereocenters. The summed E-state index contributed by atoms with van der Waals surface area (Å²) in [7, 11) is 1.90. The van der Waals surface area contributed by atoms with Crippen LogP contribution in [0.2, 0.25) is 0 Å². The van der Waals surface area contributed by atoms with Crippen LogP contribution in [0.1, 0.15) is 43.2 Å². The van der Waals surface area contributed by atoms with E-state index in [0.717, 1.165) is 35.6 Å². The number of aromatic nitrogens is 1. The molecule has 1 N–H and O–H groups in total. The van der Waals surface area contributed by atoms with Gasteiger partial charge in [0.25, 0.3) is 0 Å². The molecule has 1 heterocycles. The minimum Gasteiger partial charge on any atom is -0.361 e. The SMILES string of the molecule is CCS[C@@H]1CC[C@H](N(C)C(=O)NCc2c(C)noc2C)C1. The van der Waals surface area contributed by atoms with Crippen molar-refractivity contribution in [1.82, 2.24) is 15.4 Å². The first-order valence-corrected chi connectivity index (χ1v) is 8.61. The van der Waals surface area contributed by atoms with E-state index >= 15 is 0 Å². The molecular weight excluding hydrogens is 286 g/mol. The Hall–Kier alpha value is -1.17. The first-order valence-electron chi connectivity index (χ1n) is 7.57. The van der Waals surface area contributed by atoms with Gasteiger partial charge in [0.15, 0.2) is 0 Å². The Morgan fingerprint density at radius 1 is 1.48 bits per heavy atom. The van der Waals surface area contributed by atoms with Crippen molar-refractivity contribution in [2.45, 2.75) is 57.9 Å². The fraction of sp³-hybridized carbons (Fsp3) is 0.733. The maximum Gasteiger partial charge on any atom is 0.317 e. The molecule has 5 nitrogen and oxygen atoms in total. The molecule has 1 aromatic rings. The van der Waals surface area contributed by atoms with Crippen molar-refractivity contribution in [3.05, 3.63) is 17.0 Å². The number of urea groups is 1. The normalized spacial score (nSPS) is 21.5. The first-order chi connectivity index (χ1) is 10.0. The molecule has 1 aliphatic carbocycles. The van der Waals surface area contributed by atoms with E-state index in [4.69, 9.17) is 4.52 Å². The molecule has 0 spiro atoms. The zero-order valence-corrected chi connectivity index (χ0v) is 14.1. The van der Waals surface area contributed by atoms with Gasteiger partial charge in [-0.1, -0.05) is 12.1 Å². The van der Waals surface area contributed by atoms with Crippen molar-refractivity contribution >= 4 is 17.8 Å². The molecular formula is C15H25N3O2S. The molecule has 1 aliphatic rings. The molecule has 0 bridgehead atoms. The fourth-order valence-corrected chi connectivity index (χ4v) is 4.00. The maximum atomic E-state index is 12.3. The second-order valence-corrected chi connectivity index (χ2v) is 7.19. The van der Waals surface area contributed by atoms with Gasteiger partial charge in [-0.2, -0.15) is 11.8 Å². The van der Waals surface area contributed by atoms with Crippen LogP contribution in [0.15, 0.2) is 4.52 Å². The lowest BCUT2D eigenvalue weighted by Gasteiger charge is -2.25. The van der Waals surface area contributed by atoms with Gasteiger partial charge < -0.3 is 14.7 Å². The van der Waals surface area contributed by atoms with Crippen LogP contribution in [0.25, 0.3) is 0 Å². The molecule has 21 heavy (non-hydrogen) atoms. The summed E-state index contributed by atoms with van der Waals surface area (Å²) in [6.45, 7) is 6.43. The van der Waals surface area contributed by atoms with E-state index in [2.05, 4.69) is 17.4 Å². The average molecular weight is 311 g/mol. The van der Waals surface area contributed by atoms with Crippen LogP contribution in [0.3, 0.4) is 0 Å². The Morgan fingerprint density at radius 2 is 2.24 bits per heavy atom. The van der Waals surface area contributed by atoms with Crippen LogP contribution in [0, 0.1) is 13.8 Å². The molecule has 2 atom stereocenters. The largest absolute Gasteiger partial charge is 0.361 e. The van der Waals surface area contributed by atoms with Crippen molar-refractivity contribution in [1.29, 1.82) is 0 Å². The summed E-state index contributed by atoms with van der Waals surface area (Å²) in [6.07, 6.45) is 3.42. The summed E-state index contributed by atoms with van der Waals surface area (Å²) in [5.74, 6) is 1.93. The second-order valence-electron chi connectivity index (χ2n) is 5.62. The number of nitrogens with zero attached hydrogens (tertiary/aromatic N) is 2. The highest BCUT2D eigenvalue weighted by Crippen LogP contribution is 2.32. The number of hydrogen-bond acceptors (Lipinski definition) is 4. The number of thioether (sulfide) groups is 1. The molecule has 118 valence electrons. The smallest absolute Gasteiger partial charge is 0.317 e. The third-order valence-electron chi connectivity index (χ3n) is 4.22. The minimum absolute atomic E-state index is 0.0119. The molecule has 0 saturated heterocycles. The summed E-state index contributed by atoms with van der Waals surface area (Å²) in [5.41, 5.74) is 1.82. The van der Waals surface area contributed by atoms with E-state index in [-0.39, 0.29) is 6.03 Å². The Labute approximate surface area is 130 Å². The average Bonchev–Trinajstić information content (AvgIpc) is 3.04. The zero-order chi connectivity index (χ0) is 15.4. The summed E-state index contributed by atoms with van der Waals surface area (Å²) >= 11 is 2.01. The van der Waals surface area contributed by atoms with Crippen molar-refractivity contribution < 1.29 is 9.32 Å². The Bertz CT molecular complexity index is 470. The highest BCUT2D eigenvalue weighted by Gasteiger charge is 2.29. The molecule has 2 amide bonds. The Balaban J connectivity index is 1.83. The van der Waals surface area contributed by atoms with E-state index in [9.17, 15) is 4.79 Å². The van der Waals surface area contributed by atoms with E-state index in [1.54, 1.807) is 0 Å². The highest BCUT2D eigenvalue weighted by molar-refractivity contribution is 7.99. The number of carbonyl (C=O) groups excluding carboxylic acids is 1. The van der Waals surface area contributed by atoms with Gasteiger partial charge in [-0.15, -0.1) is 0 Å². The number of rotatable bonds is 5. The Kier molecular flexibility index (Phi) is 5.56. The van der Waals surface area contributed by atoms with E-state index < -0.39 is 0 Å². The molecule has 1 saturated carbocycles. The third kappa shape index (κ3) is 3.93. The van der Waals surface area contributed by atoms with Gasteiger partial charge >= 0.3 is 6.03 Å². The van der Waals surface area contributed by atoms with Gasteiger partial charge in [0.2, 0.25) is 0 Å². The quantitative estimate of drug-likeness (QED) is 0.908. The predicted molar refractivity (Wildman–Crippen MR) is 85.5 cm³/mol. The fourth-order valence-electron chi connectivity index (χ4n) is 2.87. The van der Waals surface area contributed by atoms with Crippen LogP contribution < -0.4 is 5.32 Å². The van der Waals surface area contributed by atoms with Gasteiger partial charge in [0, 0.05) is 30.4 Å². The number of aryl methyl sites for hydroxylation is 2. The summed E-state index contributed by atoms with van der Waals surface area (Å²) in [4.78, 5) is 14.1. The van der Waals surface area contributed by atoms with Crippen LogP contribution in [-0.2, 0) is 6.54 Å². The maximum absolute atomic E-state index is 12.3. The molecule has 2 rings (SSSR count). The zero-order valence-electron chi connectivity index (χ0n) is 13.3. The molecule has 0 aliphatic heterocycles. The standard InChI is InChI=1S/C15H25N3O2S/c1-5-21-13-7-6-12(8-13)18(4)15(19)16-9-14-10(2)17-20-11(14)3/h12-13H,5-9H2,1-4H3,(H,16,19)/t12-,13+/m0/s1. The number of hydrogen-bond donors (Lipinski definition) is 1. The predicted octanol–water partition coefficient (Wildman–Crippen LogP) is 3.11. The molecule has 1 fully saturated rings. The highest BCUT2D eigenvalue weighted by atomic mass is 32.2. The molecule has 6 heteroatoms. The van der Waals surface area contributed by atoms with Crippen molar-refractivity contribution in [2.24, 2.45) is 0 Å². The van der Waals surface area contributed by atoms with Gasteiger partial charge in [-0.25, -0.2) is 4.79 Å². The van der Waals surface area contributed by atoms with Crippen LogP contribution in [-0.4, -0.2) is 40.2 Å². The Morgan fingerprint density at radius 3 is 2.86 bits per heavy atom. The molecule has 1 aromatic heterocycles. The molecule has 0 radical (unpaired) electrons. The molecule has 0 aromatic carbocycles. The van der Waals surface area contributed by atoms with Gasteiger partial charge in [0.05, 0.1) is 5.69 Å². The minimum atomic E-state index is -0.0119. The summed E-state index contributed by atoms with van der Waals surface area (Å²) in [5, 5.41) is 7.58. The lowest BCUT2D eigenvalue weighted by Crippen LogP contribution is -2.42. The van der Waals surface area contributed by atoms with Gasteiger partial charge in [0.1, 0.15) is 5.76 Å². The van der Waals surface area contributed by atoms with Gasteiger partial charge in [-0.05, 0) is 38.9 Å². The van der Waals surface area contributed by atoms with Crippen LogP contribution in [0.5, 0.6) is 0 Å². The monoisotopic (exact) mass is 311 g/mol. The van der Waals surface area contributed by atoms with E-state index in [1.807, 2.05) is 37.6 Å². The van der Waals surface area contributed by atoms with Crippen molar-refractivity contribution in [2.75, 3.05) is 12.8 Å². The van der Waals surface area contributed by atoms with E-state index in [1.165, 1.54) is 6.42 Å². The first kappa shape index (κ1) is 16.2. The van der Waals surface area contributed by atoms with Crippen molar-refractivity contribution in [3.63, 3.8) is 0 Å². The summed E-state index contributed by atoms with van der Waals surface area (Å²) in [6, 6.07) is 0.348. The number of carbonyl (C=O) groups is 1. The lowest BCUT2D eigenvalue weighted by atomic mass is 10.2. The number of amides is 2. The van der Waals surface area contributed by atoms with Gasteiger partial charge in [-0.3, -0.25) is 0 Å².